The largest absolute Gasteiger partial charge is 0.336 e. The SMILES string of the molecule is Cn1ccccc1=Nc1ccc(F)cc1. The summed E-state index contributed by atoms with van der Waals surface area (Å²) in [6.45, 7) is 0. The van der Waals surface area contributed by atoms with E-state index in [2.05, 4.69) is 4.99 Å². The predicted molar refractivity (Wildman–Crippen MR) is 57.0 cm³/mol. The van der Waals surface area contributed by atoms with Crippen LogP contribution in [0.2, 0.25) is 0 Å². The van der Waals surface area contributed by atoms with Crippen molar-refractivity contribution in [3.63, 3.8) is 0 Å². The maximum Gasteiger partial charge on any atom is 0.132 e. The lowest BCUT2D eigenvalue weighted by molar-refractivity contribution is 0.628. The molecule has 76 valence electrons. The number of hydrogen-bond acceptors (Lipinski definition) is 1. The Morgan fingerprint density at radius 2 is 1.80 bits per heavy atom. The summed E-state index contributed by atoms with van der Waals surface area (Å²) in [5, 5.41) is 0. The molecule has 2 nitrogen and oxygen atoms in total. The van der Waals surface area contributed by atoms with E-state index < -0.39 is 0 Å². The summed E-state index contributed by atoms with van der Waals surface area (Å²) >= 11 is 0. The molecule has 0 aliphatic rings. The van der Waals surface area contributed by atoms with Crippen molar-refractivity contribution in [1.29, 1.82) is 0 Å². The number of aryl methyl sites for hydroxylation is 1. The molecule has 3 heteroatoms. The van der Waals surface area contributed by atoms with Crippen molar-refractivity contribution in [3.05, 3.63) is 60.0 Å². The summed E-state index contributed by atoms with van der Waals surface area (Å²) in [7, 11) is 1.92. The fourth-order valence-corrected chi connectivity index (χ4v) is 1.28. The monoisotopic (exact) mass is 202 g/mol. The van der Waals surface area contributed by atoms with Crippen molar-refractivity contribution in [3.8, 4) is 0 Å². The molecule has 0 N–H and O–H groups in total. The van der Waals surface area contributed by atoms with Crippen molar-refractivity contribution < 1.29 is 4.39 Å². The second-order valence-electron chi connectivity index (χ2n) is 3.26. The van der Waals surface area contributed by atoms with Crippen molar-refractivity contribution in [2.45, 2.75) is 0 Å². The Balaban J connectivity index is 2.47. The minimum Gasteiger partial charge on any atom is -0.336 e. The van der Waals surface area contributed by atoms with Gasteiger partial charge in [-0.1, -0.05) is 6.07 Å². The predicted octanol–water partition coefficient (Wildman–Crippen LogP) is 2.40. The van der Waals surface area contributed by atoms with Crippen LogP contribution in [0.3, 0.4) is 0 Å². The van der Waals surface area contributed by atoms with Crippen LogP contribution in [-0.2, 0) is 7.05 Å². The third kappa shape index (κ3) is 2.31. The lowest BCUT2D eigenvalue weighted by Crippen LogP contribution is -2.15. The van der Waals surface area contributed by atoms with Gasteiger partial charge in [-0.25, -0.2) is 9.38 Å². The minimum atomic E-state index is -0.244. The molecule has 0 fully saturated rings. The van der Waals surface area contributed by atoms with Crippen molar-refractivity contribution in [2.24, 2.45) is 12.0 Å². The zero-order chi connectivity index (χ0) is 10.7. The van der Waals surface area contributed by atoms with Crippen molar-refractivity contribution in [1.82, 2.24) is 4.57 Å². The molecular formula is C12H11FN2. The normalized spacial score (nSPS) is 11.7. The van der Waals surface area contributed by atoms with Crippen LogP contribution in [0.1, 0.15) is 0 Å². The van der Waals surface area contributed by atoms with E-state index in [1.54, 1.807) is 12.1 Å². The highest BCUT2D eigenvalue weighted by molar-refractivity contribution is 5.36. The second kappa shape index (κ2) is 4.09. The van der Waals surface area contributed by atoms with E-state index in [4.69, 9.17) is 0 Å². The molecule has 0 radical (unpaired) electrons. The molecule has 1 aromatic heterocycles. The highest BCUT2D eigenvalue weighted by Gasteiger charge is 1.91. The van der Waals surface area contributed by atoms with Gasteiger partial charge in [0.1, 0.15) is 11.3 Å². The second-order valence-corrected chi connectivity index (χ2v) is 3.26. The molecule has 0 amide bonds. The standard InChI is InChI=1S/C12H11FN2/c1-15-9-3-2-4-12(15)14-11-7-5-10(13)6-8-11/h2-9H,1H3. The van der Waals surface area contributed by atoms with E-state index in [0.717, 1.165) is 11.2 Å². The number of aromatic nitrogens is 1. The highest BCUT2D eigenvalue weighted by Crippen LogP contribution is 2.10. The van der Waals surface area contributed by atoms with Gasteiger partial charge in [0.05, 0.1) is 5.69 Å². The molecule has 0 saturated heterocycles. The van der Waals surface area contributed by atoms with Gasteiger partial charge in [0.25, 0.3) is 0 Å². The molecule has 1 heterocycles. The Kier molecular flexibility index (Phi) is 2.63. The number of halogens is 1. The average Bonchev–Trinajstić information content (AvgIpc) is 2.25. The Morgan fingerprint density at radius 1 is 1.07 bits per heavy atom. The molecule has 0 unspecified atom stereocenters. The zero-order valence-electron chi connectivity index (χ0n) is 8.39. The lowest BCUT2D eigenvalue weighted by atomic mass is 10.3. The van der Waals surface area contributed by atoms with Gasteiger partial charge >= 0.3 is 0 Å². The Labute approximate surface area is 87.3 Å². The van der Waals surface area contributed by atoms with Crippen LogP contribution >= 0.6 is 0 Å². The smallest absolute Gasteiger partial charge is 0.132 e. The number of benzene rings is 1. The maximum absolute atomic E-state index is 12.7. The molecule has 15 heavy (non-hydrogen) atoms. The van der Waals surface area contributed by atoms with Crippen LogP contribution in [0.4, 0.5) is 10.1 Å². The van der Waals surface area contributed by atoms with E-state index in [9.17, 15) is 4.39 Å². The third-order valence-corrected chi connectivity index (χ3v) is 2.10. The van der Waals surface area contributed by atoms with Crippen LogP contribution in [-0.4, -0.2) is 4.57 Å². The van der Waals surface area contributed by atoms with Crippen LogP contribution < -0.4 is 5.49 Å². The maximum atomic E-state index is 12.7. The van der Waals surface area contributed by atoms with E-state index >= 15 is 0 Å². The summed E-state index contributed by atoms with van der Waals surface area (Å²) in [5.41, 5.74) is 1.59. The number of hydrogen-bond donors (Lipinski definition) is 0. The van der Waals surface area contributed by atoms with Crippen LogP contribution in [0.5, 0.6) is 0 Å². The first kappa shape index (κ1) is 9.65. The molecule has 0 saturated carbocycles. The summed E-state index contributed by atoms with van der Waals surface area (Å²) in [5.74, 6) is -0.244. The molecule has 0 bridgehead atoms. The first-order chi connectivity index (χ1) is 7.25. The van der Waals surface area contributed by atoms with Gasteiger partial charge in [0, 0.05) is 13.2 Å². The molecule has 0 spiro atoms. The molecular weight excluding hydrogens is 191 g/mol. The highest BCUT2D eigenvalue weighted by atomic mass is 19.1. The van der Waals surface area contributed by atoms with E-state index in [1.165, 1.54) is 12.1 Å². The molecule has 0 atom stereocenters. The molecule has 1 aromatic carbocycles. The van der Waals surface area contributed by atoms with Crippen molar-refractivity contribution >= 4 is 5.69 Å². The van der Waals surface area contributed by atoms with Gasteiger partial charge < -0.3 is 4.57 Å². The fourth-order valence-electron chi connectivity index (χ4n) is 1.28. The molecule has 2 aromatic rings. The average molecular weight is 202 g/mol. The van der Waals surface area contributed by atoms with Crippen LogP contribution in [0, 0.1) is 5.82 Å². The summed E-state index contributed by atoms with van der Waals surface area (Å²) in [6.07, 6.45) is 1.92. The fraction of sp³-hybridized carbons (Fsp3) is 0.0833. The third-order valence-electron chi connectivity index (χ3n) is 2.10. The Hall–Kier alpha value is -1.90. The van der Waals surface area contributed by atoms with E-state index in [0.29, 0.717) is 0 Å². The summed E-state index contributed by atoms with van der Waals surface area (Å²) < 4.78 is 14.6. The van der Waals surface area contributed by atoms with Crippen LogP contribution in [0.25, 0.3) is 0 Å². The lowest BCUT2D eigenvalue weighted by Gasteiger charge is -1.98. The van der Waals surface area contributed by atoms with Gasteiger partial charge in [-0.3, -0.25) is 0 Å². The van der Waals surface area contributed by atoms with Gasteiger partial charge in [0.15, 0.2) is 0 Å². The first-order valence-electron chi connectivity index (χ1n) is 4.68. The van der Waals surface area contributed by atoms with Gasteiger partial charge in [-0.2, -0.15) is 0 Å². The number of rotatable bonds is 1. The molecule has 0 aliphatic carbocycles. The minimum absolute atomic E-state index is 0.244. The summed E-state index contributed by atoms with van der Waals surface area (Å²) in [6, 6.07) is 11.9. The number of nitrogens with zero attached hydrogens (tertiary/aromatic N) is 2. The topological polar surface area (TPSA) is 17.3 Å². The Bertz CT molecular complexity index is 512. The van der Waals surface area contributed by atoms with Crippen molar-refractivity contribution in [2.75, 3.05) is 0 Å². The van der Waals surface area contributed by atoms with Crippen LogP contribution in [0.15, 0.2) is 53.7 Å². The van der Waals surface area contributed by atoms with Gasteiger partial charge in [-0.15, -0.1) is 0 Å². The summed E-state index contributed by atoms with van der Waals surface area (Å²) in [4.78, 5) is 4.38. The zero-order valence-corrected chi connectivity index (χ0v) is 8.39. The molecule has 2 rings (SSSR count). The molecule has 0 aliphatic heterocycles. The van der Waals surface area contributed by atoms with E-state index in [1.807, 2.05) is 36.0 Å². The first-order valence-corrected chi connectivity index (χ1v) is 4.68. The number of pyridine rings is 1. The van der Waals surface area contributed by atoms with Gasteiger partial charge in [-0.05, 0) is 36.4 Å². The van der Waals surface area contributed by atoms with E-state index in [-0.39, 0.29) is 5.82 Å². The Morgan fingerprint density at radius 3 is 2.47 bits per heavy atom. The van der Waals surface area contributed by atoms with Gasteiger partial charge in [0.2, 0.25) is 0 Å². The quantitative estimate of drug-likeness (QED) is 0.675.